The van der Waals surface area contributed by atoms with Crippen LogP contribution in [0, 0.1) is 6.92 Å². The molecule has 0 bridgehead atoms. The highest BCUT2D eigenvalue weighted by Gasteiger charge is 2.27. The molecule has 1 saturated heterocycles. The molecular weight excluding hydrogens is 398 g/mol. The first kappa shape index (κ1) is 21.5. The predicted octanol–water partition coefficient (Wildman–Crippen LogP) is -0.280. The Morgan fingerprint density at radius 3 is 2.58 bits per heavy atom. The molecule has 168 valence electrons. The highest BCUT2D eigenvalue weighted by atomic mass is 16.3. The number of aromatic amines is 1. The zero-order valence-electron chi connectivity index (χ0n) is 18.5. The fourth-order valence-corrected chi connectivity index (χ4v) is 4.26. The smallest absolute Gasteiger partial charge is 0.328 e. The van der Waals surface area contributed by atoms with Crippen molar-refractivity contribution in [3.05, 3.63) is 43.9 Å². The Hall–Kier alpha value is -2.72. The Morgan fingerprint density at radius 2 is 1.90 bits per heavy atom. The zero-order valence-corrected chi connectivity index (χ0v) is 18.5. The van der Waals surface area contributed by atoms with Crippen LogP contribution in [0.15, 0.2) is 15.7 Å². The number of hydrogen-bond donors (Lipinski definition) is 2. The van der Waals surface area contributed by atoms with Gasteiger partial charge in [0, 0.05) is 77.1 Å². The molecule has 2 aliphatic rings. The van der Waals surface area contributed by atoms with E-state index in [-0.39, 0.29) is 17.4 Å². The third-order valence-electron chi connectivity index (χ3n) is 6.06. The topological polar surface area (TPSA) is 111 Å². The summed E-state index contributed by atoms with van der Waals surface area (Å²) in [5, 5.41) is 9.91. The maximum absolute atomic E-state index is 12.2. The van der Waals surface area contributed by atoms with Gasteiger partial charge in [0.25, 0.3) is 5.56 Å². The SMILES string of the molecule is Cc1cc(=O)n(CCN2CCc3nc(N(C)C)nc(N4CCC(O)CC4)c3C2)c(=O)[nH]1. The van der Waals surface area contributed by atoms with Crippen LogP contribution in [0.2, 0.25) is 0 Å². The molecule has 2 N–H and O–H groups in total. The van der Waals surface area contributed by atoms with Crippen LogP contribution in [0.1, 0.15) is 29.8 Å². The summed E-state index contributed by atoms with van der Waals surface area (Å²) < 4.78 is 1.25. The summed E-state index contributed by atoms with van der Waals surface area (Å²) >= 11 is 0. The number of aliphatic hydroxyl groups is 1. The van der Waals surface area contributed by atoms with Crippen LogP contribution in [-0.2, 0) is 19.5 Å². The number of nitrogens with one attached hydrogen (secondary N) is 1. The van der Waals surface area contributed by atoms with E-state index in [0.717, 1.165) is 56.0 Å². The van der Waals surface area contributed by atoms with Gasteiger partial charge < -0.3 is 19.9 Å². The van der Waals surface area contributed by atoms with E-state index in [9.17, 15) is 14.7 Å². The van der Waals surface area contributed by atoms with Gasteiger partial charge in [0.15, 0.2) is 0 Å². The summed E-state index contributed by atoms with van der Waals surface area (Å²) in [7, 11) is 3.88. The lowest BCUT2D eigenvalue weighted by Gasteiger charge is -2.36. The van der Waals surface area contributed by atoms with E-state index in [1.54, 1.807) is 6.92 Å². The van der Waals surface area contributed by atoms with E-state index in [2.05, 4.69) is 14.8 Å². The van der Waals surface area contributed by atoms with Crippen molar-refractivity contribution in [2.75, 3.05) is 50.1 Å². The fraction of sp³-hybridized carbons (Fsp3) is 0.619. The highest BCUT2D eigenvalue weighted by Crippen LogP contribution is 2.30. The number of hydrogen-bond acceptors (Lipinski definition) is 8. The van der Waals surface area contributed by atoms with Crippen LogP contribution in [-0.4, -0.2) is 75.9 Å². The van der Waals surface area contributed by atoms with Gasteiger partial charge >= 0.3 is 5.69 Å². The van der Waals surface area contributed by atoms with E-state index in [1.807, 2.05) is 19.0 Å². The van der Waals surface area contributed by atoms with Crippen molar-refractivity contribution in [2.45, 2.75) is 45.4 Å². The Kier molecular flexibility index (Phi) is 6.10. The molecule has 0 atom stereocenters. The second kappa shape index (κ2) is 8.80. The number of aliphatic hydroxyl groups excluding tert-OH is 1. The minimum Gasteiger partial charge on any atom is -0.393 e. The Labute approximate surface area is 181 Å². The molecule has 0 aromatic carbocycles. The standard InChI is InChI=1S/C21H31N7O3/c1-14-12-18(30)28(21(31)22-14)11-10-26-7-6-17-16(13-26)19(24-20(23-17)25(2)3)27-8-4-15(29)5-9-27/h12,15,29H,4-11,13H2,1-3H3,(H,22,31). The summed E-state index contributed by atoms with van der Waals surface area (Å²) in [6.07, 6.45) is 2.02. The summed E-state index contributed by atoms with van der Waals surface area (Å²) in [5.74, 6) is 1.64. The number of fused-ring (bicyclic) bond motifs is 1. The second-order valence-electron chi connectivity index (χ2n) is 8.66. The molecule has 0 radical (unpaired) electrons. The summed E-state index contributed by atoms with van der Waals surface area (Å²) in [6, 6.07) is 1.45. The summed E-state index contributed by atoms with van der Waals surface area (Å²) in [4.78, 5) is 43.1. The molecule has 0 saturated carbocycles. The molecule has 31 heavy (non-hydrogen) atoms. The Bertz CT molecular complexity index is 1020. The fourth-order valence-electron chi connectivity index (χ4n) is 4.26. The van der Waals surface area contributed by atoms with Crippen molar-refractivity contribution >= 4 is 11.8 Å². The highest BCUT2D eigenvalue weighted by molar-refractivity contribution is 5.54. The number of piperidine rings is 1. The molecule has 2 aromatic heterocycles. The Balaban J connectivity index is 1.56. The quantitative estimate of drug-likeness (QED) is 0.668. The first-order valence-corrected chi connectivity index (χ1v) is 10.8. The number of anilines is 2. The molecule has 2 aromatic rings. The van der Waals surface area contributed by atoms with Crippen molar-refractivity contribution in [1.29, 1.82) is 0 Å². The van der Waals surface area contributed by atoms with Gasteiger partial charge in [0.2, 0.25) is 5.95 Å². The van der Waals surface area contributed by atoms with E-state index in [4.69, 9.17) is 9.97 Å². The molecular formula is C21H31N7O3. The van der Waals surface area contributed by atoms with Crippen molar-refractivity contribution in [2.24, 2.45) is 0 Å². The predicted molar refractivity (Wildman–Crippen MR) is 119 cm³/mol. The van der Waals surface area contributed by atoms with Crippen molar-refractivity contribution in [3.63, 3.8) is 0 Å². The number of nitrogens with zero attached hydrogens (tertiary/aromatic N) is 6. The van der Waals surface area contributed by atoms with E-state index in [0.29, 0.717) is 31.3 Å². The number of H-pyrrole nitrogens is 1. The van der Waals surface area contributed by atoms with Crippen LogP contribution >= 0.6 is 0 Å². The van der Waals surface area contributed by atoms with Gasteiger partial charge in [-0.15, -0.1) is 0 Å². The van der Waals surface area contributed by atoms with Gasteiger partial charge in [-0.2, -0.15) is 4.98 Å². The average molecular weight is 430 g/mol. The second-order valence-corrected chi connectivity index (χ2v) is 8.66. The minimum absolute atomic E-state index is 0.246. The lowest BCUT2D eigenvalue weighted by molar-refractivity contribution is 0.145. The lowest BCUT2D eigenvalue weighted by Crippen LogP contribution is -2.42. The van der Waals surface area contributed by atoms with Gasteiger partial charge in [-0.25, -0.2) is 9.78 Å². The van der Waals surface area contributed by atoms with E-state index >= 15 is 0 Å². The lowest BCUT2D eigenvalue weighted by atomic mass is 10.0. The molecule has 4 rings (SSSR count). The third kappa shape index (κ3) is 4.64. The van der Waals surface area contributed by atoms with Crippen LogP contribution < -0.4 is 21.0 Å². The molecule has 10 heteroatoms. The molecule has 0 unspecified atom stereocenters. The first-order valence-electron chi connectivity index (χ1n) is 10.8. The molecule has 1 fully saturated rings. The Morgan fingerprint density at radius 1 is 1.16 bits per heavy atom. The number of aromatic nitrogens is 4. The normalized spacial score (nSPS) is 17.6. The van der Waals surface area contributed by atoms with Gasteiger partial charge in [-0.05, 0) is 19.8 Å². The van der Waals surface area contributed by atoms with E-state index < -0.39 is 0 Å². The maximum atomic E-state index is 12.2. The largest absolute Gasteiger partial charge is 0.393 e. The maximum Gasteiger partial charge on any atom is 0.328 e. The van der Waals surface area contributed by atoms with Crippen LogP contribution in [0.5, 0.6) is 0 Å². The third-order valence-corrected chi connectivity index (χ3v) is 6.06. The van der Waals surface area contributed by atoms with Gasteiger partial charge in [0.1, 0.15) is 5.82 Å². The molecule has 0 amide bonds. The molecule has 4 heterocycles. The number of aryl methyl sites for hydroxylation is 1. The van der Waals surface area contributed by atoms with Crippen LogP contribution in [0.25, 0.3) is 0 Å². The first-order chi connectivity index (χ1) is 14.8. The molecule has 0 aliphatic carbocycles. The van der Waals surface area contributed by atoms with Crippen molar-refractivity contribution in [1.82, 2.24) is 24.4 Å². The number of rotatable bonds is 5. The van der Waals surface area contributed by atoms with Crippen molar-refractivity contribution in [3.8, 4) is 0 Å². The van der Waals surface area contributed by atoms with E-state index in [1.165, 1.54) is 10.6 Å². The monoisotopic (exact) mass is 429 g/mol. The summed E-state index contributed by atoms with van der Waals surface area (Å²) in [6.45, 7) is 5.67. The van der Waals surface area contributed by atoms with Gasteiger partial charge in [-0.3, -0.25) is 14.3 Å². The average Bonchev–Trinajstić information content (AvgIpc) is 2.72. The summed E-state index contributed by atoms with van der Waals surface area (Å²) in [5.41, 5.74) is 2.10. The zero-order chi connectivity index (χ0) is 22.1. The van der Waals surface area contributed by atoms with Crippen LogP contribution in [0.3, 0.4) is 0 Å². The minimum atomic E-state index is -0.367. The van der Waals surface area contributed by atoms with Crippen molar-refractivity contribution < 1.29 is 5.11 Å². The van der Waals surface area contributed by atoms with Gasteiger partial charge in [0.05, 0.1) is 11.8 Å². The molecule has 2 aliphatic heterocycles. The molecule has 10 nitrogen and oxygen atoms in total. The van der Waals surface area contributed by atoms with Gasteiger partial charge in [-0.1, -0.05) is 0 Å². The van der Waals surface area contributed by atoms with Crippen LogP contribution in [0.4, 0.5) is 11.8 Å². The molecule has 0 spiro atoms.